The minimum absolute atomic E-state index is 0. The molecule has 0 saturated carbocycles. The Morgan fingerprint density at radius 2 is 2.00 bits per heavy atom. The van der Waals surface area contributed by atoms with Crippen LogP contribution in [0.4, 0.5) is 0 Å². The maximum atomic E-state index is 11.6. The van der Waals surface area contributed by atoms with Crippen molar-refractivity contribution in [2.24, 2.45) is 0 Å². The third kappa shape index (κ3) is 4.58. The van der Waals surface area contributed by atoms with E-state index in [1.807, 2.05) is 0 Å². The normalized spacial score (nSPS) is 9.28. The fourth-order valence-electron chi connectivity index (χ4n) is 1.17. The molecule has 0 amide bonds. The minimum Gasteiger partial charge on any atom is -0.497 e. The Hall–Kier alpha value is -1.21. The van der Waals surface area contributed by atoms with Gasteiger partial charge >= 0.3 is 5.97 Å². The summed E-state index contributed by atoms with van der Waals surface area (Å²) in [5.41, 5.74) is 0.115. The summed E-state index contributed by atoms with van der Waals surface area (Å²) in [6.45, 7) is 0.434. The molecule has 1 N–H and O–H groups in total. The molecule has 0 aromatic heterocycles. The van der Waals surface area contributed by atoms with Crippen LogP contribution in [0.15, 0.2) is 18.2 Å². The Balaban J connectivity index is 0.00000289. The maximum Gasteiger partial charge on any atom is 0.342 e. The van der Waals surface area contributed by atoms with Crippen molar-refractivity contribution in [3.63, 3.8) is 0 Å². The van der Waals surface area contributed by atoms with Gasteiger partial charge in [0.05, 0.1) is 13.7 Å². The van der Waals surface area contributed by atoms with E-state index in [1.165, 1.54) is 26.4 Å². The summed E-state index contributed by atoms with van der Waals surface area (Å²) in [6, 6.07) is 4.39. The van der Waals surface area contributed by atoms with Crippen LogP contribution in [0.5, 0.6) is 11.5 Å². The summed E-state index contributed by atoms with van der Waals surface area (Å²) >= 11 is 0. The number of methoxy groups -OCH3 is 2. The predicted octanol–water partition coefficient (Wildman–Crippen LogP) is 1.35. The van der Waals surface area contributed by atoms with Crippen LogP contribution in [-0.2, 0) is 28.0 Å². The van der Waals surface area contributed by atoms with Crippen molar-refractivity contribution in [2.75, 3.05) is 27.4 Å². The molecule has 6 nitrogen and oxygen atoms in total. The smallest absolute Gasteiger partial charge is 0.342 e. The first kappa shape index (κ1) is 16.8. The van der Waals surface area contributed by atoms with E-state index in [4.69, 9.17) is 19.5 Å². The van der Waals surface area contributed by atoms with Gasteiger partial charge in [0.2, 0.25) is 0 Å². The van der Waals surface area contributed by atoms with Gasteiger partial charge in [-0.1, -0.05) is 0 Å². The summed E-state index contributed by atoms with van der Waals surface area (Å²) in [7, 11) is 2.97. The van der Waals surface area contributed by atoms with Gasteiger partial charge < -0.3 is 19.1 Å². The third-order valence-electron chi connectivity index (χ3n) is 2.03. The Bertz CT molecular complexity index is 382. The number of benzene rings is 1. The number of hydrogen-bond acceptors (Lipinski definition) is 6. The van der Waals surface area contributed by atoms with Crippen molar-refractivity contribution in [1.82, 2.24) is 0 Å². The average molecular weight is 293 g/mol. The van der Waals surface area contributed by atoms with E-state index < -0.39 is 5.97 Å². The van der Waals surface area contributed by atoms with Gasteiger partial charge in [-0.2, -0.15) is 0 Å². The van der Waals surface area contributed by atoms with Gasteiger partial charge in [0.1, 0.15) is 17.9 Å². The SMILES string of the molecule is COCCOC(=O)c1ccc(OC)cc1OO.[V]. The molecule has 0 aliphatic carbocycles. The number of carbonyl (C=O) groups is 1. The van der Waals surface area contributed by atoms with Crippen LogP contribution in [-0.4, -0.2) is 38.7 Å². The summed E-state index contributed by atoms with van der Waals surface area (Å²) in [5, 5.41) is 8.67. The van der Waals surface area contributed by atoms with Crippen LogP contribution in [0.2, 0.25) is 0 Å². The molecule has 1 aromatic rings. The molecule has 0 spiro atoms. The zero-order valence-electron chi connectivity index (χ0n) is 10.1. The molecule has 0 bridgehead atoms. The second-order valence-electron chi connectivity index (χ2n) is 3.08. The van der Waals surface area contributed by atoms with Crippen molar-refractivity contribution >= 4 is 5.97 Å². The molecule has 1 radical (unpaired) electrons. The van der Waals surface area contributed by atoms with Gasteiger partial charge in [0.25, 0.3) is 0 Å². The van der Waals surface area contributed by atoms with Crippen LogP contribution in [0.1, 0.15) is 10.4 Å². The van der Waals surface area contributed by atoms with E-state index >= 15 is 0 Å². The molecule has 99 valence electrons. The topological polar surface area (TPSA) is 74.2 Å². The molecular weight excluding hydrogens is 279 g/mol. The van der Waals surface area contributed by atoms with Gasteiger partial charge in [-0.25, -0.2) is 10.1 Å². The molecule has 0 saturated heterocycles. The van der Waals surface area contributed by atoms with Gasteiger partial charge in [-0.15, -0.1) is 0 Å². The van der Waals surface area contributed by atoms with Gasteiger partial charge in [0.15, 0.2) is 5.75 Å². The predicted molar refractivity (Wildman–Crippen MR) is 58.4 cm³/mol. The van der Waals surface area contributed by atoms with Gasteiger partial charge in [-0.3, -0.25) is 0 Å². The molecular formula is C11H14O6V. The summed E-state index contributed by atoms with van der Waals surface area (Å²) < 4.78 is 14.6. The Morgan fingerprint density at radius 1 is 1.28 bits per heavy atom. The van der Waals surface area contributed by atoms with E-state index in [0.717, 1.165) is 0 Å². The van der Waals surface area contributed by atoms with E-state index in [2.05, 4.69) is 4.89 Å². The molecule has 0 fully saturated rings. The van der Waals surface area contributed by atoms with Gasteiger partial charge in [-0.05, 0) is 12.1 Å². The molecule has 0 unspecified atom stereocenters. The van der Waals surface area contributed by atoms with Crippen LogP contribution in [0.25, 0.3) is 0 Å². The standard InChI is InChI=1S/C11H14O6.V/c1-14-5-6-16-11(12)9-4-3-8(15-2)7-10(9)17-13;/h3-4,7,13H,5-6H2,1-2H3;. The summed E-state index contributed by atoms with van der Waals surface area (Å²) in [6.07, 6.45) is 0. The second-order valence-corrected chi connectivity index (χ2v) is 3.08. The number of hydrogen-bond donors (Lipinski definition) is 1. The van der Waals surface area contributed by atoms with Crippen molar-refractivity contribution in [1.29, 1.82) is 0 Å². The molecule has 0 atom stereocenters. The second kappa shape index (κ2) is 8.82. The Kier molecular flexibility index (Phi) is 8.23. The Labute approximate surface area is 117 Å². The zero-order valence-corrected chi connectivity index (χ0v) is 11.5. The molecule has 0 aliphatic rings. The zero-order chi connectivity index (χ0) is 12.7. The minimum atomic E-state index is -0.603. The van der Waals surface area contributed by atoms with E-state index in [9.17, 15) is 4.79 Å². The fraction of sp³-hybridized carbons (Fsp3) is 0.364. The van der Waals surface area contributed by atoms with Crippen LogP contribution < -0.4 is 9.62 Å². The average Bonchev–Trinajstić information content (AvgIpc) is 2.38. The third-order valence-corrected chi connectivity index (χ3v) is 2.03. The first-order valence-corrected chi connectivity index (χ1v) is 4.88. The van der Waals surface area contributed by atoms with Crippen molar-refractivity contribution in [3.05, 3.63) is 23.8 Å². The van der Waals surface area contributed by atoms with Crippen LogP contribution in [0, 0.1) is 0 Å². The van der Waals surface area contributed by atoms with Crippen LogP contribution in [0.3, 0.4) is 0 Å². The molecule has 18 heavy (non-hydrogen) atoms. The maximum absolute atomic E-state index is 11.6. The van der Waals surface area contributed by atoms with Crippen molar-refractivity contribution < 1.29 is 47.7 Å². The molecule has 7 heteroatoms. The van der Waals surface area contributed by atoms with Crippen molar-refractivity contribution in [2.45, 2.75) is 0 Å². The number of rotatable bonds is 6. The number of carbonyl (C=O) groups excluding carboxylic acids is 1. The van der Waals surface area contributed by atoms with Gasteiger partial charge in [0, 0.05) is 31.7 Å². The van der Waals surface area contributed by atoms with Crippen LogP contribution >= 0.6 is 0 Å². The van der Waals surface area contributed by atoms with E-state index in [-0.39, 0.29) is 36.5 Å². The first-order valence-electron chi connectivity index (χ1n) is 4.88. The molecule has 1 rings (SSSR count). The van der Waals surface area contributed by atoms with Crippen molar-refractivity contribution in [3.8, 4) is 11.5 Å². The molecule has 1 aromatic carbocycles. The fourth-order valence-corrected chi connectivity index (χ4v) is 1.17. The van der Waals surface area contributed by atoms with E-state index in [0.29, 0.717) is 12.4 Å². The monoisotopic (exact) mass is 293 g/mol. The largest absolute Gasteiger partial charge is 0.497 e. The Morgan fingerprint density at radius 3 is 2.56 bits per heavy atom. The van der Waals surface area contributed by atoms with E-state index in [1.54, 1.807) is 6.07 Å². The quantitative estimate of drug-likeness (QED) is 0.369. The summed E-state index contributed by atoms with van der Waals surface area (Å²) in [5.74, 6) is -0.164. The number of esters is 1. The summed E-state index contributed by atoms with van der Waals surface area (Å²) in [4.78, 5) is 15.7. The molecule has 0 heterocycles. The first-order chi connectivity index (χ1) is 8.22. The molecule has 0 aliphatic heterocycles. The number of ether oxygens (including phenoxy) is 3.